The minimum Gasteiger partial charge on any atom is -0.351 e. The lowest BCUT2D eigenvalue weighted by Crippen LogP contribution is -2.46. The van der Waals surface area contributed by atoms with E-state index >= 15 is 0 Å². The number of rotatable bonds is 6. The van der Waals surface area contributed by atoms with Crippen molar-refractivity contribution in [1.82, 2.24) is 24.0 Å². The van der Waals surface area contributed by atoms with Gasteiger partial charge in [-0.2, -0.15) is 0 Å². The van der Waals surface area contributed by atoms with Gasteiger partial charge in [0.25, 0.3) is 5.56 Å². The van der Waals surface area contributed by atoms with Crippen molar-refractivity contribution in [2.75, 3.05) is 11.5 Å². The number of benzene rings is 1. The van der Waals surface area contributed by atoms with Gasteiger partial charge < -0.3 is 9.88 Å². The van der Waals surface area contributed by atoms with Crippen LogP contribution in [0.1, 0.15) is 43.7 Å². The predicted octanol–water partition coefficient (Wildman–Crippen LogP) is 0.826. The SMILES string of the molecule is O=C(Cn1c(=O)c2c(ncn2C2CCCC2)n(Cc2ccccc2)c1=O)N[C@H]1CCS(=O)(=O)C1. The Morgan fingerprint density at radius 1 is 1.06 bits per heavy atom. The molecule has 5 rings (SSSR count). The summed E-state index contributed by atoms with van der Waals surface area (Å²) in [5.41, 5.74) is 0.324. The molecule has 3 heterocycles. The van der Waals surface area contributed by atoms with Crippen molar-refractivity contribution in [3.63, 3.8) is 0 Å². The monoisotopic (exact) mass is 485 g/mol. The highest BCUT2D eigenvalue weighted by Crippen LogP contribution is 2.31. The maximum Gasteiger partial charge on any atom is 0.333 e. The lowest BCUT2D eigenvalue weighted by molar-refractivity contribution is -0.122. The summed E-state index contributed by atoms with van der Waals surface area (Å²) in [5.74, 6) is -0.660. The first-order valence-corrected chi connectivity index (χ1v) is 13.4. The molecular formula is C23H27N5O5S. The van der Waals surface area contributed by atoms with Crippen LogP contribution in [-0.4, -0.2) is 50.6 Å². The molecular weight excluding hydrogens is 458 g/mol. The van der Waals surface area contributed by atoms with Gasteiger partial charge in [0.2, 0.25) is 5.91 Å². The molecule has 2 fully saturated rings. The first-order chi connectivity index (χ1) is 16.3. The van der Waals surface area contributed by atoms with Crippen LogP contribution in [0.3, 0.4) is 0 Å². The first-order valence-electron chi connectivity index (χ1n) is 11.6. The Bertz CT molecular complexity index is 1450. The predicted molar refractivity (Wildman–Crippen MR) is 127 cm³/mol. The van der Waals surface area contributed by atoms with Gasteiger partial charge in [-0.3, -0.25) is 14.2 Å². The zero-order valence-electron chi connectivity index (χ0n) is 18.7. The van der Waals surface area contributed by atoms with Gasteiger partial charge in [-0.1, -0.05) is 43.2 Å². The van der Waals surface area contributed by atoms with E-state index in [4.69, 9.17) is 0 Å². The lowest BCUT2D eigenvalue weighted by atomic mass is 10.2. The number of imidazole rings is 1. The van der Waals surface area contributed by atoms with E-state index in [9.17, 15) is 22.8 Å². The molecule has 3 aromatic rings. The summed E-state index contributed by atoms with van der Waals surface area (Å²) in [5, 5.41) is 2.67. The molecule has 10 nitrogen and oxygen atoms in total. The number of nitrogens with zero attached hydrogens (tertiary/aromatic N) is 4. The Hall–Kier alpha value is -3.21. The topological polar surface area (TPSA) is 125 Å². The van der Waals surface area contributed by atoms with Crippen molar-refractivity contribution in [1.29, 1.82) is 0 Å². The number of hydrogen-bond acceptors (Lipinski definition) is 6. The Kier molecular flexibility index (Phi) is 5.88. The van der Waals surface area contributed by atoms with E-state index in [0.29, 0.717) is 17.6 Å². The van der Waals surface area contributed by atoms with Gasteiger partial charge in [0.1, 0.15) is 6.54 Å². The second-order valence-corrected chi connectivity index (χ2v) is 11.4. The fraction of sp³-hybridized carbons (Fsp3) is 0.478. The molecule has 0 unspecified atom stereocenters. The van der Waals surface area contributed by atoms with Crippen LogP contribution in [0, 0.1) is 0 Å². The summed E-state index contributed by atoms with van der Waals surface area (Å²) in [6, 6.07) is 9.01. The summed E-state index contributed by atoms with van der Waals surface area (Å²) >= 11 is 0. The quantitative estimate of drug-likeness (QED) is 0.551. The zero-order chi connectivity index (χ0) is 23.9. The van der Waals surface area contributed by atoms with Crippen LogP contribution in [0.4, 0.5) is 0 Å². The second-order valence-electron chi connectivity index (χ2n) is 9.18. The number of nitrogens with one attached hydrogen (secondary N) is 1. The summed E-state index contributed by atoms with van der Waals surface area (Å²) < 4.78 is 27.7. The van der Waals surface area contributed by atoms with Gasteiger partial charge in [0.05, 0.1) is 24.4 Å². The third-order valence-corrected chi connectivity index (χ3v) is 8.51. The summed E-state index contributed by atoms with van der Waals surface area (Å²) in [7, 11) is -3.17. The van der Waals surface area contributed by atoms with Crippen LogP contribution >= 0.6 is 0 Å². The smallest absolute Gasteiger partial charge is 0.333 e. The van der Waals surface area contributed by atoms with Crippen LogP contribution in [0.5, 0.6) is 0 Å². The molecule has 180 valence electrons. The molecule has 0 radical (unpaired) electrons. The van der Waals surface area contributed by atoms with E-state index in [0.717, 1.165) is 35.8 Å². The number of hydrogen-bond donors (Lipinski definition) is 1. The molecule has 11 heteroatoms. The summed E-state index contributed by atoms with van der Waals surface area (Å²) in [6.07, 6.45) is 5.94. The molecule has 1 saturated carbocycles. The van der Waals surface area contributed by atoms with E-state index in [-0.39, 0.29) is 24.1 Å². The maximum absolute atomic E-state index is 13.5. The van der Waals surface area contributed by atoms with Gasteiger partial charge in [-0.25, -0.2) is 22.8 Å². The molecule has 0 bridgehead atoms. The average molecular weight is 486 g/mol. The maximum atomic E-state index is 13.5. The number of carbonyl (C=O) groups is 1. The number of sulfone groups is 1. The number of fused-ring (bicyclic) bond motifs is 1. The van der Waals surface area contributed by atoms with Crippen molar-refractivity contribution in [3.05, 3.63) is 63.1 Å². The van der Waals surface area contributed by atoms with E-state index < -0.39 is 39.6 Å². The molecule has 1 aromatic carbocycles. The third kappa shape index (κ3) is 4.31. The summed E-state index contributed by atoms with van der Waals surface area (Å²) in [4.78, 5) is 44.1. The van der Waals surface area contributed by atoms with Gasteiger partial charge in [-0.05, 0) is 24.8 Å². The molecule has 34 heavy (non-hydrogen) atoms. The molecule has 2 aliphatic rings. The van der Waals surface area contributed by atoms with E-state index in [1.165, 1.54) is 4.57 Å². The highest BCUT2D eigenvalue weighted by molar-refractivity contribution is 7.91. The second kappa shape index (κ2) is 8.86. The van der Waals surface area contributed by atoms with Crippen LogP contribution in [0.25, 0.3) is 11.2 Å². The Labute approximate surface area is 196 Å². The standard InChI is InChI=1S/C23H27N5O5S/c29-19(25-17-10-11-34(32,33)14-17)13-27-22(30)20-21(24-15-28(20)18-8-4-5-9-18)26(23(27)31)12-16-6-2-1-3-7-16/h1-3,6-7,15,17-18H,4-5,8-14H2,(H,25,29)/t17-/m0/s1. The molecule has 2 aromatic heterocycles. The van der Waals surface area contributed by atoms with E-state index in [2.05, 4.69) is 10.3 Å². The minimum absolute atomic E-state index is 0.0221. The molecule has 1 amide bonds. The largest absolute Gasteiger partial charge is 0.351 e. The van der Waals surface area contributed by atoms with Gasteiger partial charge in [0.15, 0.2) is 21.0 Å². The van der Waals surface area contributed by atoms with Crippen molar-refractivity contribution >= 4 is 26.9 Å². The van der Waals surface area contributed by atoms with Crippen LogP contribution in [0.2, 0.25) is 0 Å². The number of amides is 1. The van der Waals surface area contributed by atoms with Crippen LogP contribution in [-0.2, 0) is 27.7 Å². The Morgan fingerprint density at radius 2 is 1.79 bits per heavy atom. The van der Waals surface area contributed by atoms with Crippen LogP contribution < -0.4 is 16.6 Å². The van der Waals surface area contributed by atoms with Crippen LogP contribution in [0.15, 0.2) is 46.2 Å². The fourth-order valence-electron chi connectivity index (χ4n) is 5.04. The minimum atomic E-state index is -3.17. The highest BCUT2D eigenvalue weighted by atomic mass is 32.2. The lowest BCUT2D eigenvalue weighted by Gasteiger charge is -2.16. The van der Waals surface area contributed by atoms with Gasteiger partial charge in [-0.15, -0.1) is 0 Å². The van der Waals surface area contributed by atoms with Gasteiger partial charge in [0, 0.05) is 12.1 Å². The van der Waals surface area contributed by atoms with E-state index in [1.807, 2.05) is 34.9 Å². The van der Waals surface area contributed by atoms with Crippen molar-refractivity contribution in [3.8, 4) is 0 Å². The van der Waals surface area contributed by atoms with Crippen molar-refractivity contribution in [2.45, 2.75) is 57.3 Å². The third-order valence-electron chi connectivity index (χ3n) is 6.74. The Balaban J connectivity index is 1.56. The number of aromatic nitrogens is 4. The highest BCUT2D eigenvalue weighted by Gasteiger charge is 2.30. The molecule has 1 aliphatic carbocycles. The van der Waals surface area contributed by atoms with E-state index in [1.54, 1.807) is 6.33 Å². The number of carbonyl (C=O) groups excluding carboxylic acids is 1. The zero-order valence-corrected chi connectivity index (χ0v) is 19.5. The Morgan fingerprint density at radius 3 is 2.47 bits per heavy atom. The van der Waals surface area contributed by atoms with Crippen molar-refractivity contribution in [2.24, 2.45) is 0 Å². The average Bonchev–Trinajstić information content (AvgIpc) is 3.54. The first kappa shape index (κ1) is 22.6. The molecule has 1 aliphatic heterocycles. The molecule has 1 saturated heterocycles. The molecule has 1 atom stereocenters. The fourth-order valence-corrected chi connectivity index (χ4v) is 6.71. The van der Waals surface area contributed by atoms with Crippen molar-refractivity contribution < 1.29 is 13.2 Å². The van der Waals surface area contributed by atoms with Gasteiger partial charge >= 0.3 is 5.69 Å². The molecule has 0 spiro atoms. The normalized spacial score (nSPS) is 20.2. The summed E-state index contributed by atoms with van der Waals surface area (Å²) in [6.45, 7) is -0.268. The molecule has 1 N–H and O–H groups in total.